The first-order valence-electron chi connectivity index (χ1n) is 13.5. The summed E-state index contributed by atoms with van der Waals surface area (Å²) in [6.07, 6.45) is 8.13. The lowest BCUT2D eigenvalue weighted by Crippen LogP contribution is -2.41. The summed E-state index contributed by atoms with van der Waals surface area (Å²) in [6.45, 7) is 2.42. The van der Waals surface area contributed by atoms with Gasteiger partial charge in [0.1, 0.15) is 23.3 Å². The number of rotatable bonds is 6. The summed E-state index contributed by atoms with van der Waals surface area (Å²) in [5.41, 5.74) is 6.92. The maximum absolute atomic E-state index is 12.4. The third-order valence-electron chi connectivity index (χ3n) is 7.51. The number of hydrogen-bond donors (Lipinski definition) is 2. The number of fused-ring (bicyclic) bond motifs is 2. The lowest BCUT2D eigenvalue weighted by atomic mass is 9.95. The van der Waals surface area contributed by atoms with Crippen molar-refractivity contribution in [2.75, 3.05) is 29.9 Å². The van der Waals surface area contributed by atoms with E-state index in [4.69, 9.17) is 9.47 Å². The summed E-state index contributed by atoms with van der Waals surface area (Å²) in [4.78, 5) is 21.8. The molecule has 5 aromatic rings. The molecule has 1 fully saturated rings. The molecule has 8 heteroatoms. The maximum Gasteiger partial charge on any atom is 0.271 e. The highest BCUT2D eigenvalue weighted by Crippen LogP contribution is 2.43. The van der Waals surface area contributed by atoms with Crippen molar-refractivity contribution in [1.29, 1.82) is 0 Å². The third-order valence-corrected chi connectivity index (χ3v) is 7.51. The Balaban J connectivity index is 1.07. The zero-order valence-corrected chi connectivity index (χ0v) is 21.9. The van der Waals surface area contributed by atoms with Gasteiger partial charge in [0.15, 0.2) is 0 Å². The molecule has 2 N–H and O–H groups in total. The Bertz CT molecular complexity index is 1710. The summed E-state index contributed by atoms with van der Waals surface area (Å²) in [6, 6.07) is 24.3. The molecule has 2 aliphatic rings. The number of pyridine rings is 2. The van der Waals surface area contributed by atoms with Gasteiger partial charge in [0.25, 0.3) is 5.56 Å². The second kappa shape index (κ2) is 10.4. The van der Waals surface area contributed by atoms with Crippen LogP contribution in [0.2, 0.25) is 0 Å². The van der Waals surface area contributed by atoms with Crippen LogP contribution < -0.4 is 20.5 Å². The fraction of sp³-hybridized carbons (Fsp3) is 0.188. The number of benzene rings is 2. The number of anilines is 2. The molecule has 0 saturated carbocycles. The van der Waals surface area contributed by atoms with Crippen molar-refractivity contribution < 1.29 is 9.47 Å². The average molecular weight is 532 g/mol. The fourth-order valence-electron chi connectivity index (χ4n) is 5.50. The van der Waals surface area contributed by atoms with Crippen molar-refractivity contribution in [3.05, 3.63) is 130 Å². The standard InChI is InChI=1S/C32H29N5O3/c38-32-28(7-4-11-34-32)37-15-16-39-30(21-37)27-6-3-5-22-17-23-18-24(8-9-29(23)40-31(22)27)35-20-25-19-26(10-12-33-25)36-13-1-2-14-36/h1-14,18-19,30,35H,15-17,20-21H2,(H,34,38). The van der Waals surface area contributed by atoms with E-state index in [0.717, 1.165) is 51.7 Å². The van der Waals surface area contributed by atoms with Crippen LogP contribution in [0.15, 0.2) is 102 Å². The van der Waals surface area contributed by atoms with Crippen LogP contribution in [0, 0.1) is 0 Å². The van der Waals surface area contributed by atoms with E-state index in [1.54, 1.807) is 6.20 Å². The average Bonchev–Trinajstić information content (AvgIpc) is 3.55. The predicted molar refractivity (Wildman–Crippen MR) is 155 cm³/mol. The van der Waals surface area contributed by atoms with Crippen LogP contribution >= 0.6 is 0 Å². The highest BCUT2D eigenvalue weighted by Gasteiger charge is 2.29. The molecule has 200 valence electrons. The monoisotopic (exact) mass is 531 g/mol. The molecular weight excluding hydrogens is 502 g/mol. The summed E-state index contributed by atoms with van der Waals surface area (Å²) in [5.74, 6) is 1.71. The molecule has 0 amide bonds. The van der Waals surface area contributed by atoms with Crippen LogP contribution in [0.1, 0.15) is 28.5 Å². The van der Waals surface area contributed by atoms with Crippen LogP contribution in [-0.2, 0) is 17.7 Å². The van der Waals surface area contributed by atoms with Gasteiger partial charge in [-0.3, -0.25) is 9.78 Å². The van der Waals surface area contributed by atoms with Gasteiger partial charge in [0, 0.05) is 66.8 Å². The second-order valence-corrected chi connectivity index (χ2v) is 10.1. The zero-order valence-electron chi connectivity index (χ0n) is 21.9. The first kappa shape index (κ1) is 24.2. The number of nitrogens with zero attached hydrogens (tertiary/aromatic N) is 3. The van der Waals surface area contributed by atoms with Crippen LogP contribution in [0.4, 0.5) is 11.4 Å². The van der Waals surface area contributed by atoms with Crippen LogP contribution in [0.25, 0.3) is 5.69 Å². The number of hydrogen-bond acceptors (Lipinski definition) is 6. The van der Waals surface area contributed by atoms with Crippen molar-refractivity contribution in [3.63, 3.8) is 0 Å². The molecule has 40 heavy (non-hydrogen) atoms. The third kappa shape index (κ3) is 4.74. The second-order valence-electron chi connectivity index (χ2n) is 10.1. The molecule has 1 saturated heterocycles. The number of aromatic nitrogens is 3. The minimum Gasteiger partial charge on any atom is -0.456 e. The Morgan fingerprint density at radius 3 is 2.83 bits per heavy atom. The molecule has 2 aromatic carbocycles. The van der Waals surface area contributed by atoms with Crippen molar-refractivity contribution in [3.8, 4) is 17.2 Å². The SMILES string of the molecule is O=c1[nH]cccc1N1CCOC(c2cccc3c2Oc2ccc(NCc4cc(-n5cccc5)ccn4)cc2C3)C1. The lowest BCUT2D eigenvalue weighted by Gasteiger charge is -2.35. The van der Waals surface area contributed by atoms with E-state index in [1.165, 1.54) is 0 Å². The Kier molecular flexibility index (Phi) is 6.30. The summed E-state index contributed by atoms with van der Waals surface area (Å²) < 4.78 is 14.7. The molecule has 2 aliphatic heterocycles. The quantitative estimate of drug-likeness (QED) is 0.298. The first-order valence-corrected chi connectivity index (χ1v) is 13.5. The molecule has 0 bridgehead atoms. The molecule has 0 aliphatic carbocycles. The minimum absolute atomic E-state index is 0.0859. The zero-order chi connectivity index (χ0) is 26.9. The van der Waals surface area contributed by atoms with E-state index in [0.29, 0.717) is 31.9 Å². The summed E-state index contributed by atoms with van der Waals surface area (Å²) in [5, 5.41) is 3.51. The predicted octanol–water partition coefficient (Wildman–Crippen LogP) is 5.45. The first-order chi connectivity index (χ1) is 19.7. The van der Waals surface area contributed by atoms with Crippen molar-refractivity contribution in [1.82, 2.24) is 14.5 Å². The Labute approximate surface area is 231 Å². The van der Waals surface area contributed by atoms with Crippen LogP contribution in [-0.4, -0.2) is 34.2 Å². The molecule has 1 atom stereocenters. The Morgan fingerprint density at radius 1 is 1.00 bits per heavy atom. The van der Waals surface area contributed by atoms with Gasteiger partial charge in [0.05, 0.1) is 18.8 Å². The number of morpholine rings is 1. The van der Waals surface area contributed by atoms with E-state index in [9.17, 15) is 4.79 Å². The molecule has 7 rings (SSSR count). The lowest BCUT2D eigenvalue weighted by molar-refractivity contribution is 0.0383. The Hall–Kier alpha value is -4.82. The molecule has 0 radical (unpaired) electrons. The van der Waals surface area contributed by atoms with Gasteiger partial charge in [-0.25, -0.2) is 0 Å². The van der Waals surface area contributed by atoms with Crippen LogP contribution in [0.3, 0.4) is 0 Å². The molecule has 3 aromatic heterocycles. The van der Waals surface area contributed by atoms with Crippen LogP contribution in [0.5, 0.6) is 11.5 Å². The maximum atomic E-state index is 12.4. The van der Waals surface area contributed by atoms with Gasteiger partial charge < -0.3 is 29.2 Å². The van der Waals surface area contributed by atoms with Gasteiger partial charge in [-0.05, 0) is 60.2 Å². The fourth-order valence-corrected chi connectivity index (χ4v) is 5.50. The van der Waals surface area contributed by atoms with Gasteiger partial charge >= 0.3 is 0 Å². The highest BCUT2D eigenvalue weighted by molar-refractivity contribution is 5.59. The number of para-hydroxylation sites is 1. The summed E-state index contributed by atoms with van der Waals surface area (Å²) >= 11 is 0. The van der Waals surface area contributed by atoms with E-state index in [2.05, 4.69) is 55.1 Å². The van der Waals surface area contributed by atoms with Gasteiger partial charge in [-0.2, -0.15) is 0 Å². The van der Waals surface area contributed by atoms with E-state index >= 15 is 0 Å². The van der Waals surface area contributed by atoms with E-state index < -0.39 is 0 Å². The Morgan fingerprint density at radius 2 is 1.93 bits per heavy atom. The topological polar surface area (TPSA) is 84.4 Å². The minimum atomic E-state index is -0.194. The van der Waals surface area contributed by atoms with Gasteiger partial charge in [-0.1, -0.05) is 18.2 Å². The normalized spacial score (nSPS) is 16.1. The van der Waals surface area contributed by atoms with Crippen molar-refractivity contribution in [2.45, 2.75) is 19.1 Å². The summed E-state index contributed by atoms with van der Waals surface area (Å²) in [7, 11) is 0. The molecule has 1 unspecified atom stereocenters. The number of H-pyrrole nitrogens is 1. The van der Waals surface area contributed by atoms with Gasteiger partial charge in [0.2, 0.25) is 0 Å². The van der Waals surface area contributed by atoms with E-state index in [-0.39, 0.29) is 11.7 Å². The molecule has 8 nitrogen and oxygen atoms in total. The van der Waals surface area contributed by atoms with Crippen molar-refractivity contribution in [2.24, 2.45) is 0 Å². The smallest absolute Gasteiger partial charge is 0.271 e. The van der Waals surface area contributed by atoms with E-state index in [1.807, 2.05) is 61.1 Å². The molecule has 0 spiro atoms. The number of ether oxygens (including phenoxy) is 2. The largest absolute Gasteiger partial charge is 0.456 e. The highest BCUT2D eigenvalue weighted by atomic mass is 16.5. The number of aromatic amines is 1. The molecule has 5 heterocycles. The molecular formula is C32H29N5O3. The van der Waals surface area contributed by atoms with Gasteiger partial charge in [-0.15, -0.1) is 0 Å². The number of nitrogens with one attached hydrogen (secondary N) is 2. The van der Waals surface area contributed by atoms with Crippen molar-refractivity contribution >= 4 is 11.4 Å².